The molecule has 1 N–H and O–H groups in total. The minimum Gasteiger partial charge on any atom is -0.495 e. The van der Waals surface area contributed by atoms with Crippen molar-refractivity contribution in [2.75, 3.05) is 19.1 Å². The fourth-order valence-corrected chi connectivity index (χ4v) is 4.65. The molecule has 9 heteroatoms. The zero-order valence-electron chi connectivity index (χ0n) is 20.2. The number of aromatic nitrogens is 4. The number of likely N-dealkylation sites (N-methyl/N-ethyl adjacent to an activating group) is 1. The summed E-state index contributed by atoms with van der Waals surface area (Å²) in [6, 6.07) is 12.3. The molecule has 1 amide bonds. The van der Waals surface area contributed by atoms with Gasteiger partial charge in [-0.1, -0.05) is 32.9 Å². The number of carbonyl (C=O) groups is 1. The van der Waals surface area contributed by atoms with Crippen molar-refractivity contribution in [3.63, 3.8) is 0 Å². The zero-order valence-corrected chi connectivity index (χ0v) is 20.2. The van der Waals surface area contributed by atoms with E-state index in [9.17, 15) is 9.18 Å². The second-order valence-electron chi connectivity index (χ2n) is 9.77. The third-order valence-corrected chi connectivity index (χ3v) is 6.53. The van der Waals surface area contributed by atoms with E-state index in [0.717, 1.165) is 35.5 Å². The van der Waals surface area contributed by atoms with Gasteiger partial charge in [-0.3, -0.25) is 4.79 Å². The lowest BCUT2D eigenvalue weighted by molar-refractivity contribution is -0.129. The van der Waals surface area contributed by atoms with Gasteiger partial charge in [0.25, 0.3) is 0 Å². The predicted octanol–water partition coefficient (Wildman–Crippen LogP) is 3.72. The lowest BCUT2D eigenvalue weighted by Gasteiger charge is -2.35. The van der Waals surface area contributed by atoms with E-state index in [2.05, 4.69) is 25.7 Å². The maximum atomic E-state index is 13.7. The van der Waals surface area contributed by atoms with Crippen molar-refractivity contribution in [2.45, 2.75) is 51.6 Å². The van der Waals surface area contributed by atoms with Crippen LogP contribution in [0.4, 0.5) is 10.1 Å². The fraction of sp³-hybridized carbons (Fsp3) is 0.440. The van der Waals surface area contributed by atoms with E-state index in [4.69, 9.17) is 4.74 Å². The highest BCUT2D eigenvalue weighted by molar-refractivity contribution is 5.81. The minimum absolute atomic E-state index is 0.00572. The van der Waals surface area contributed by atoms with Crippen LogP contribution < -0.4 is 15.0 Å². The number of ether oxygens (including phenoxy) is 1. The van der Waals surface area contributed by atoms with Gasteiger partial charge >= 0.3 is 0 Å². The van der Waals surface area contributed by atoms with Crippen molar-refractivity contribution < 1.29 is 13.9 Å². The number of carbonyl (C=O) groups excluding carboxylic acids is 1. The van der Waals surface area contributed by atoms with Crippen LogP contribution in [0.1, 0.15) is 45.1 Å². The largest absolute Gasteiger partial charge is 0.495 e. The van der Waals surface area contributed by atoms with Crippen LogP contribution in [0.15, 0.2) is 48.8 Å². The van der Waals surface area contributed by atoms with Crippen LogP contribution in [0.5, 0.6) is 5.75 Å². The van der Waals surface area contributed by atoms with Crippen LogP contribution in [0.2, 0.25) is 0 Å². The van der Waals surface area contributed by atoms with E-state index in [0.29, 0.717) is 0 Å². The van der Waals surface area contributed by atoms with Crippen molar-refractivity contribution >= 4 is 11.6 Å². The number of tetrazole rings is 1. The maximum absolute atomic E-state index is 13.7. The first-order chi connectivity index (χ1) is 16.2. The van der Waals surface area contributed by atoms with E-state index < -0.39 is 5.41 Å². The molecule has 0 unspecified atom stereocenters. The number of nitrogens with one attached hydrogen (secondary N) is 1. The Balaban J connectivity index is 1.71. The van der Waals surface area contributed by atoms with Gasteiger partial charge in [-0.05, 0) is 59.2 Å². The highest BCUT2D eigenvalue weighted by atomic mass is 19.1. The molecular weight excluding hydrogens is 435 g/mol. The summed E-state index contributed by atoms with van der Waals surface area (Å²) in [7, 11) is 3.66. The number of halogens is 1. The minimum atomic E-state index is -0.499. The van der Waals surface area contributed by atoms with Crippen LogP contribution >= 0.6 is 0 Å². The molecule has 0 saturated heterocycles. The first-order valence-electron chi connectivity index (χ1n) is 11.4. The third-order valence-electron chi connectivity index (χ3n) is 6.53. The Bertz CT molecular complexity index is 1130. The summed E-state index contributed by atoms with van der Waals surface area (Å²) in [5.74, 6) is 0.418. The van der Waals surface area contributed by atoms with E-state index in [1.165, 1.54) is 12.1 Å². The number of rotatable bonds is 6. The van der Waals surface area contributed by atoms with E-state index in [1.807, 2.05) is 58.2 Å². The smallest absolute Gasteiger partial charge is 0.225 e. The Hall–Kier alpha value is -3.49. The average molecular weight is 467 g/mol. The molecule has 34 heavy (non-hydrogen) atoms. The number of hydrogen-bond acceptors (Lipinski definition) is 6. The molecule has 0 radical (unpaired) electrons. The standard InChI is InChI=1S/C25H31FN6O2/c1-25(2,3)24(33)28-19-11-12-20(23(19)16-6-8-17(26)9-7-16)31(4)21-14-18(10-13-22(21)34-5)32-15-27-29-30-32/h6-10,13-15,19-20,23H,11-12H2,1-5H3,(H,28,33)/t19-,20-,23-/m0/s1. The highest BCUT2D eigenvalue weighted by Gasteiger charge is 2.41. The van der Waals surface area contributed by atoms with Crippen LogP contribution in [-0.4, -0.2) is 52.4 Å². The summed E-state index contributed by atoms with van der Waals surface area (Å²) in [6.45, 7) is 5.72. The predicted molar refractivity (Wildman–Crippen MR) is 128 cm³/mol. The van der Waals surface area contributed by atoms with Gasteiger partial charge in [0, 0.05) is 30.5 Å². The first-order valence-corrected chi connectivity index (χ1v) is 11.4. The van der Waals surface area contributed by atoms with Gasteiger partial charge in [0.05, 0.1) is 18.5 Å². The second kappa shape index (κ2) is 9.40. The number of amides is 1. The molecule has 1 aliphatic carbocycles. The Kier molecular flexibility index (Phi) is 6.54. The summed E-state index contributed by atoms with van der Waals surface area (Å²) in [6.07, 6.45) is 3.21. The molecular formula is C25H31FN6O2. The summed E-state index contributed by atoms with van der Waals surface area (Å²) < 4.78 is 21.0. The Labute approximate surface area is 199 Å². The normalized spacial score (nSPS) is 20.2. The van der Waals surface area contributed by atoms with E-state index >= 15 is 0 Å². The number of nitrogens with zero attached hydrogens (tertiary/aromatic N) is 5. The summed E-state index contributed by atoms with van der Waals surface area (Å²) in [5.41, 5.74) is 2.18. The third kappa shape index (κ3) is 4.73. The fourth-order valence-electron chi connectivity index (χ4n) is 4.65. The molecule has 180 valence electrons. The molecule has 0 aliphatic heterocycles. The van der Waals surface area contributed by atoms with Gasteiger partial charge in [-0.2, -0.15) is 0 Å². The van der Waals surface area contributed by atoms with Gasteiger partial charge in [-0.25, -0.2) is 9.07 Å². The van der Waals surface area contributed by atoms with Crippen molar-refractivity contribution in [1.82, 2.24) is 25.5 Å². The molecule has 3 atom stereocenters. The maximum Gasteiger partial charge on any atom is 0.225 e. The molecule has 3 aromatic rings. The van der Waals surface area contributed by atoms with Crippen molar-refractivity contribution in [2.24, 2.45) is 5.41 Å². The van der Waals surface area contributed by atoms with Gasteiger partial charge in [0.15, 0.2) is 0 Å². The number of methoxy groups -OCH3 is 1. The Morgan fingerprint density at radius 1 is 1.18 bits per heavy atom. The van der Waals surface area contributed by atoms with Gasteiger partial charge in [0.1, 0.15) is 17.9 Å². The van der Waals surface area contributed by atoms with Gasteiger partial charge < -0.3 is 15.0 Å². The lowest BCUT2D eigenvalue weighted by atomic mass is 9.88. The van der Waals surface area contributed by atoms with Crippen LogP contribution in [0.25, 0.3) is 5.69 Å². The van der Waals surface area contributed by atoms with Crippen LogP contribution in [-0.2, 0) is 4.79 Å². The molecule has 1 aromatic heterocycles. The van der Waals surface area contributed by atoms with Gasteiger partial charge in [0.2, 0.25) is 5.91 Å². The summed E-state index contributed by atoms with van der Waals surface area (Å²) >= 11 is 0. The summed E-state index contributed by atoms with van der Waals surface area (Å²) in [4.78, 5) is 15.0. The van der Waals surface area contributed by atoms with Crippen molar-refractivity contribution in [1.29, 1.82) is 0 Å². The number of benzene rings is 2. The molecule has 2 aromatic carbocycles. The zero-order chi connectivity index (χ0) is 24.5. The van der Waals surface area contributed by atoms with Crippen molar-refractivity contribution in [3.05, 3.63) is 60.2 Å². The summed E-state index contributed by atoms with van der Waals surface area (Å²) in [5, 5.41) is 14.7. The Morgan fingerprint density at radius 3 is 2.53 bits per heavy atom. The molecule has 0 spiro atoms. The topological polar surface area (TPSA) is 85.2 Å². The number of anilines is 1. The monoisotopic (exact) mass is 466 g/mol. The molecule has 1 aliphatic rings. The molecule has 1 saturated carbocycles. The molecule has 0 bridgehead atoms. The highest BCUT2D eigenvalue weighted by Crippen LogP contribution is 2.42. The van der Waals surface area contributed by atoms with Crippen molar-refractivity contribution in [3.8, 4) is 11.4 Å². The van der Waals surface area contributed by atoms with Crippen LogP contribution in [0.3, 0.4) is 0 Å². The molecule has 1 fully saturated rings. The molecule has 1 heterocycles. The quantitative estimate of drug-likeness (QED) is 0.596. The second-order valence-corrected chi connectivity index (χ2v) is 9.77. The number of hydrogen-bond donors (Lipinski definition) is 1. The lowest BCUT2D eigenvalue weighted by Crippen LogP contribution is -2.46. The van der Waals surface area contributed by atoms with Crippen LogP contribution in [0, 0.1) is 11.2 Å². The van der Waals surface area contributed by atoms with E-state index in [1.54, 1.807) is 18.1 Å². The van der Waals surface area contributed by atoms with Gasteiger partial charge in [-0.15, -0.1) is 5.10 Å². The molecule has 8 nitrogen and oxygen atoms in total. The van der Waals surface area contributed by atoms with E-state index in [-0.39, 0.29) is 29.7 Å². The Morgan fingerprint density at radius 2 is 1.91 bits per heavy atom. The average Bonchev–Trinajstić information content (AvgIpc) is 3.49. The first kappa shape index (κ1) is 23.7. The molecule has 4 rings (SSSR count). The SMILES string of the molecule is COc1ccc(-n2cnnn2)cc1N(C)[C@H]1CC[C@H](NC(=O)C(C)(C)C)[C@@H]1c1ccc(F)cc1.